The minimum Gasteiger partial charge on any atom is -0.491 e. The summed E-state index contributed by atoms with van der Waals surface area (Å²) in [6.07, 6.45) is -0.220. The van der Waals surface area contributed by atoms with Crippen LogP contribution in [-0.2, 0) is 11.4 Å². The largest absolute Gasteiger partial charge is 0.491 e. The molecular weight excluding hydrogens is 495 g/mol. The first-order valence-electron chi connectivity index (χ1n) is 11.0. The third-order valence-corrected chi connectivity index (χ3v) is 6.37. The number of para-hydroxylation sites is 1. The van der Waals surface area contributed by atoms with Crippen LogP contribution in [0.2, 0.25) is 15.1 Å². The number of benzene rings is 3. The van der Waals surface area contributed by atoms with Gasteiger partial charge in [-0.25, -0.2) is 0 Å². The lowest BCUT2D eigenvalue weighted by atomic mass is 10.0. The minimum atomic E-state index is -0.684. The molecule has 5 nitrogen and oxygen atoms in total. The highest BCUT2D eigenvalue weighted by atomic mass is 35.5. The van der Waals surface area contributed by atoms with Gasteiger partial charge in [-0.3, -0.25) is 4.90 Å². The molecule has 0 fully saturated rings. The van der Waals surface area contributed by atoms with Crippen LogP contribution in [0.3, 0.4) is 0 Å². The summed E-state index contributed by atoms with van der Waals surface area (Å²) in [4.78, 5) is 7.85. The van der Waals surface area contributed by atoms with E-state index in [2.05, 4.69) is 10.1 Å². The maximum absolute atomic E-state index is 10.7. The Bertz CT molecular complexity index is 1130. The van der Waals surface area contributed by atoms with Crippen LogP contribution < -0.4 is 4.74 Å². The maximum Gasteiger partial charge on any atom is 0.145 e. The predicted molar refractivity (Wildman–Crippen MR) is 137 cm³/mol. The van der Waals surface area contributed by atoms with Crippen molar-refractivity contribution in [3.8, 4) is 5.75 Å². The number of ether oxygens (including phenoxy) is 1. The molecule has 1 heterocycles. The Morgan fingerprint density at radius 2 is 1.82 bits per heavy atom. The van der Waals surface area contributed by atoms with Crippen molar-refractivity contribution in [2.75, 3.05) is 19.7 Å². The number of aliphatic hydroxyl groups is 1. The Labute approximate surface area is 214 Å². The number of aliphatic hydroxyl groups excluding tert-OH is 1. The number of rotatable bonds is 10. The molecule has 0 radical (unpaired) electrons. The lowest BCUT2D eigenvalue weighted by Crippen LogP contribution is -2.39. The van der Waals surface area contributed by atoms with Crippen LogP contribution in [0.4, 0.5) is 0 Å². The van der Waals surface area contributed by atoms with Crippen LogP contribution in [-0.4, -0.2) is 47.6 Å². The molecule has 34 heavy (non-hydrogen) atoms. The fourth-order valence-corrected chi connectivity index (χ4v) is 4.33. The van der Waals surface area contributed by atoms with E-state index in [0.29, 0.717) is 41.1 Å². The maximum atomic E-state index is 10.7. The lowest BCUT2D eigenvalue weighted by Gasteiger charge is -2.27. The van der Waals surface area contributed by atoms with Crippen molar-refractivity contribution < 1.29 is 14.7 Å². The first-order valence-corrected chi connectivity index (χ1v) is 12.1. The van der Waals surface area contributed by atoms with Crippen LogP contribution in [0, 0.1) is 0 Å². The Morgan fingerprint density at radius 3 is 2.59 bits per heavy atom. The van der Waals surface area contributed by atoms with Gasteiger partial charge in [0.15, 0.2) is 0 Å². The van der Waals surface area contributed by atoms with Crippen molar-refractivity contribution in [3.63, 3.8) is 0 Å². The van der Waals surface area contributed by atoms with Crippen molar-refractivity contribution in [2.45, 2.75) is 25.2 Å². The van der Waals surface area contributed by atoms with Gasteiger partial charge in [-0.05, 0) is 42.0 Å². The Morgan fingerprint density at radius 1 is 1.00 bits per heavy atom. The fraction of sp³-hybridized carbons (Fsp3) is 0.269. The molecule has 2 atom stereocenters. The average molecular weight is 520 g/mol. The second kappa shape index (κ2) is 11.9. The highest BCUT2D eigenvalue weighted by Gasteiger charge is 2.26. The molecule has 4 rings (SSSR count). The molecule has 0 unspecified atom stereocenters. The zero-order valence-corrected chi connectivity index (χ0v) is 20.7. The van der Waals surface area contributed by atoms with Crippen LogP contribution in [0.1, 0.15) is 17.5 Å². The van der Waals surface area contributed by atoms with E-state index in [1.165, 1.54) is 0 Å². The van der Waals surface area contributed by atoms with E-state index < -0.39 is 6.10 Å². The summed E-state index contributed by atoms with van der Waals surface area (Å²) < 4.78 is 5.73. The SMILES string of the molecule is O[C@@H](COc1ccccc1)CN(Cc1cccc(Cl)c1)C[C@H]1CC(c2ccc(Cl)c(Cl)c2)=NO1. The Balaban J connectivity index is 1.39. The molecule has 3 aromatic carbocycles. The van der Waals surface area contributed by atoms with Crippen molar-refractivity contribution in [1.29, 1.82) is 0 Å². The zero-order valence-electron chi connectivity index (χ0n) is 18.4. The van der Waals surface area contributed by atoms with Crippen molar-refractivity contribution in [3.05, 3.63) is 99.0 Å². The van der Waals surface area contributed by atoms with Gasteiger partial charge in [0.1, 0.15) is 24.6 Å². The normalized spacial score (nSPS) is 16.3. The van der Waals surface area contributed by atoms with E-state index in [0.717, 1.165) is 22.6 Å². The van der Waals surface area contributed by atoms with E-state index in [1.807, 2.05) is 60.7 Å². The highest BCUT2D eigenvalue weighted by Crippen LogP contribution is 2.26. The Hall–Kier alpha value is -2.28. The van der Waals surface area contributed by atoms with Crippen LogP contribution in [0.15, 0.2) is 78.0 Å². The summed E-state index contributed by atoms with van der Waals surface area (Å²) in [7, 11) is 0. The summed E-state index contributed by atoms with van der Waals surface area (Å²) in [5.74, 6) is 0.724. The summed E-state index contributed by atoms with van der Waals surface area (Å²) >= 11 is 18.4. The smallest absolute Gasteiger partial charge is 0.145 e. The third-order valence-electron chi connectivity index (χ3n) is 5.40. The molecule has 0 bridgehead atoms. The molecule has 178 valence electrons. The molecule has 8 heteroatoms. The molecule has 0 saturated carbocycles. The monoisotopic (exact) mass is 518 g/mol. The predicted octanol–water partition coefficient (Wildman–Crippen LogP) is 6.08. The quantitative estimate of drug-likeness (QED) is 0.353. The summed E-state index contributed by atoms with van der Waals surface area (Å²) in [6, 6.07) is 22.6. The fourth-order valence-electron chi connectivity index (χ4n) is 3.82. The number of hydrogen-bond acceptors (Lipinski definition) is 5. The van der Waals surface area contributed by atoms with E-state index in [9.17, 15) is 5.11 Å². The van der Waals surface area contributed by atoms with Gasteiger partial charge in [0, 0.05) is 36.6 Å². The molecule has 0 aliphatic carbocycles. The molecule has 0 aromatic heterocycles. The van der Waals surface area contributed by atoms with Gasteiger partial charge in [-0.15, -0.1) is 0 Å². The summed E-state index contributed by atoms with van der Waals surface area (Å²) in [5, 5.41) is 16.6. The van der Waals surface area contributed by atoms with E-state index in [4.69, 9.17) is 44.4 Å². The minimum absolute atomic E-state index is 0.161. The molecular formula is C26H25Cl3N2O3. The van der Waals surface area contributed by atoms with Crippen LogP contribution in [0.25, 0.3) is 0 Å². The lowest BCUT2D eigenvalue weighted by molar-refractivity contribution is 0.0213. The first kappa shape index (κ1) is 24.8. The van der Waals surface area contributed by atoms with E-state index in [-0.39, 0.29) is 12.7 Å². The number of oxime groups is 1. The molecule has 0 saturated heterocycles. The number of nitrogens with zero attached hydrogens (tertiary/aromatic N) is 2. The second-order valence-electron chi connectivity index (χ2n) is 8.20. The van der Waals surface area contributed by atoms with Crippen molar-refractivity contribution in [2.24, 2.45) is 5.16 Å². The van der Waals surface area contributed by atoms with Crippen molar-refractivity contribution in [1.82, 2.24) is 4.90 Å². The van der Waals surface area contributed by atoms with E-state index >= 15 is 0 Å². The summed E-state index contributed by atoms with van der Waals surface area (Å²) in [6.45, 7) is 1.77. The highest BCUT2D eigenvalue weighted by molar-refractivity contribution is 6.42. The molecule has 1 aliphatic rings. The van der Waals surface area contributed by atoms with Gasteiger partial charge in [0.05, 0.1) is 15.8 Å². The molecule has 3 aromatic rings. The molecule has 1 N–H and O–H groups in total. The average Bonchev–Trinajstić information content (AvgIpc) is 3.28. The van der Waals surface area contributed by atoms with Gasteiger partial charge in [-0.2, -0.15) is 0 Å². The first-order chi connectivity index (χ1) is 16.5. The summed E-state index contributed by atoms with van der Waals surface area (Å²) in [5.41, 5.74) is 2.75. The number of hydrogen-bond donors (Lipinski definition) is 1. The third kappa shape index (κ3) is 7.11. The van der Waals surface area contributed by atoms with Gasteiger partial charge in [0.25, 0.3) is 0 Å². The topological polar surface area (TPSA) is 54.3 Å². The standard InChI is InChI=1S/C26H25Cl3N2O3/c27-20-6-4-5-18(11-20)14-31(15-21(32)17-33-22-7-2-1-3-8-22)16-23-13-26(30-34-23)19-9-10-24(28)25(29)12-19/h1-12,21,23,32H,13-17H2/t21-,23-/m1/s1. The Kier molecular flexibility index (Phi) is 8.70. The second-order valence-corrected chi connectivity index (χ2v) is 9.45. The zero-order chi connectivity index (χ0) is 23.9. The van der Waals surface area contributed by atoms with Crippen LogP contribution >= 0.6 is 34.8 Å². The molecule has 0 spiro atoms. The molecule has 0 amide bonds. The van der Waals surface area contributed by atoms with Crippen LogP contribution in [0.5, 0.6) is 5.75 Å². The van der Waals surface area contributed by atoms with Gasteiger partial charge < -0.3 is 14.7 Å². The molecule has 1 aliphatic heterocycles. The van der Waals surface area contributed by atoms with Gasteiger partial charge in [-0.1, -0.05) is 76.4 Å². The van der Waals surface area contributed by atoms with Crippen molar-refractivity contribution >= 4 is 40.5 Å². The number of halogens is 3. The van der Waals surface area contributed by atoms with Gasteiger partial charge in [0.2, 0.25) is 0 Å². The van der Waals surface area contributed by atoms with Gasteiger partial charge >= 0.3 is 0 Å². The van der Waals surface area contributed by atoms with E-state index in [1.54, 1.807) is 12.1 Å².